The van der Waals surface area contributed by atoms with Gasteiger partial charge in [-0.15, -0.1) is 6.58 Å². The number of carboxylic acid groups (broad SMARTS) is 1. The molecule has 0 aromatic carbocycles. The molecular weight excluding hydrogens is 166 g/mol. The number of nitrogens with zero attached hydrogens (tertiary/aromatic N) is 1. The molecule has 0 radical (unpaired) electrons. The Bertz CT molecular complexity index is 166. The molecule has 0 aromatic rings. The lowest BCUT2D eigenvalue weighted by Gasteiger charge is -2.24. The Balaban J connectivity index is 3.79. The summed E-state index contributed by atoms with van der Waals surface area (Å²) in [6.07, 6.45) is 2.99. The number of hydrogen-bond donors (Lipinski definition) is 1. The number of hydrogen-bond acceptors (Lipinski definition) is 2. The van der Waals surface area contributed by atoms with Crippen LogP contribution in [0.4, 0.5) is 0 Å². The molecule has 3 nitrogen and oxygen atoms in total. The highest BCUT2D eigenvalue weighted by Gasteiger charge is 2.09. The fraction of sp³-hybridized carbons (Fsp3) is 0.700. The Morgan fingerprint density at radius 1 is 1.54 bits per heavy atom. The Morgan fingerprint density at radius 3 is 2.54 bits per heavy atom. The molecule has 0 spiro atoms. The number of carbonyl (C=O) groups is 1. The van der Waals surface area contributed by atoms with Crippen molar-refractivity contribution in [3.05, 3.63) is 12.7 Å². The monoisotopic (exact) mass is 185 g/mol. The van der Waals surface area contributed by atoms with E-state index in [0.717, 1.165) is 13.0 Å². The summed E-state index contributed by atoms with van der Waals surface area (Å²) in [4.78, 5) is 12.5. The van der Waals surface area contributed by atoms with E-state index in [4.69, 9.17) is 5.11 Å². The van der Waals surface area contributed by atoms with Gasteiger partial charge in [-0.3, -0.25) is 4.79 Å². The van der Waals surface area contributed by atoms with Crippen LogP contribution in [0.5, 0.6) is 0 Å². The van der Waals surface area contributed by atoms with Gasteiger partial charge in [-0.25, -0.2) is 0 Å². The maximum Gasteiger partial charge on any atom is 0.304 e. The summed E-state index contributed by atoms with van der Waals surface area (Å²) in [5, 5.41) is 8.52. The van der Waals surface area contributed by atoms with Gasteiger partial charge in [0.25, 0.3) is 0 Å². The molecule has 0 aliphatic rings. The topological polar surface area (TPSA) is 40.5 Å². The lowest BCUT2D eigenvalue weighted by atomic mass is 10.2. The Hall–Kier alpha value is -0.830. The van der Waals surface area contributed by atoms with Crippen LogP contribution in [-0.2, 0) is 4.79 Å². The first-order valence-corrected chi connectivity index (χ1v) is 4.64. The molecular formula is C10H19NO2. The van der Waals surface area contributed by atoms with Gasteiger partial charge in [0.1, 0.15) is 0 Å². The van der Waals surface area contributed by atoms with Gasteiger partial charge in [0.2, 0.25) is 0 Å². The Labute approximate surface area is 80.0 Å². The second kappa shape index (κ2) is 6.66. The highest BCUT2D eigenvalue weighted by atomic mass is 16.4. The zero-order chi connectivity index (χ0) is 10.3. The third-order valence-corrected chi connectivity index (χ3v) is 1.96. The predicted molar refractivity (Wildman–Crippen MR) is 53.8 cm³/mol. The van der Waals surface area contributed by atoms with Crippen LogP contribution in [0.1, 0.15) is 26.7 Å². The van der Waals surface area contributed by atoms with E-state index in [1.165, 1.54) is 0 Å². The number of aliphatic carboxylic acids is 1. The van der Waals surface area contributed by atoms with Gasteiger partial charge in [0.15, 0.2) is 0 Å². The second-order valence-electron chi connectivity index (χ2n) is 3.35. The minimum absolute atomic E-state index is 0.218. The summed E-state index contributed by atoms with van der Waals surface area (Å²) in [5.41, 5.74) is 0. The van der Waals surface area contributed by atoms with E-state index in [2.05, 4.69) is 25.3 Å². The smallest absolute Gasteiger partial charge is 0.304 e. The summed E-state index contributed by atoms with van der Waals surface area (Å²) in [5.74, 6) is -0.732. The van der Waals surface area contributed by atoms with Crippen molar-refractivity contribution >= 4 is 5.97 Å². The van der Waals surface area contributed by atoms with E-state index >= 15 is 0 Å². The summed E-state index contributed by atoms with van der Waals surface area (Å²) in [6.45, 7) is 9.32. The van der Waals surface area contributed by atoms with Gasteiger partial charge in [0.05, 0.1) is 6.42 Å². The molecule has 3 heteroatoms. The van der Waals surface area contributed by atoms with Crippen LogP contribution in [0.15, 0.2) is 12.7 Å². The minimum atomic E-state index is -0.732. The van der Waals surface area contributed by atoms with E-state index in [1.54, 1.807) is 0 Å². The van der Waals surface area contributed by atoms with Gasteiger partial charge in [0, 0.05) is 19.1 Å². The molecule has 0 saturated heterocycles. The van der Waals surface area contributed by atoms with Gasteiger partial charge in [-0.2, -0.15) is 0 Å². The van der Waals surface area contributed by atoms with Crippen LogP contribution in [0, 0.1) is 0 Å². The van der Waals surface area contributed by atoms with Crippen molar-refractivity contribution in [2.75, 3.05) is 13.1 Å². The largest absolute Gasteiger partial charge is 0.481 e. The standard InChI is InChI=1S/C10H19NO2/c1-4-5-7-11(9(2)3)8-6-10(12)13/h4,9H,1,5-8H2,2-3H3,(H,12,13). The molecule has 0 amide bonds. The van der Waals surface area contributed by atoms with Crippen molar-refractivity contribution < 1.29 is 9.90 Å². The van der Waals surface area contributed by atoms with Crippen molar-refractivity contribution in [3.63, 3.8) is 0 Å². The zero-order valence-corrected chi connectivity index (χ0v) is 8.49. The fourth-order valence-electron chi connectivity index (χ4n) is 1.12. The summed E-state index contributed by atoms with van der Waals surface area (Å²) in [6, 6.07) is 0.402. The summed E-state index contributed by atoms with van der Waals surface area (Å²) < 4.78 is 0. The molecule has 13 heavy (non-hydrogen) atoms. The van der Waals surface area contributed by atoms with Crippen molar-refractivity contribution in [1.82, 2.24) is 4.90 Å². The molecule has 0 aliphatic carbocycles. The predicted octanol–water partition coefficient (Wildman–Crippen LogP) is 1.75. The van der Waals surface area contributed by atoms with Gasteiger partial charge < -0.3 is 10.0 Å². The molecule has 0 atom stereocenters. The van der Waals surface area contributed by atoms with E-state index in [1.807, 2.05) is 6.08 Å². The molecule has 0 heterocycles. The summed E-state index contributed by atoms with van der Waals surface area (Å²) >= 11 is 0. The average Bonchev–Trinajstić information content (AvgIpc) is 2.03. The molecule has 0 bridgehead atoms. The van der Waals surface area contributed by atoms with Gasteiger partial charge >= 0.3 is 5.97 Å². The molecule has 0 fully saturated rings. The van der Waals surface area contributed by atoms with Crippen LogP contribution in [0.25, 0.3) is 0 Å². The number of rotatable bonds is 7. The lowest BCUT2D eigenvalue weighted by molar-refractivity contribution is -0.137. The van der Waals surface area contributed by atoms with Crippen molar-refractivity contribution in [1.29, 1.82) is 0 Å². The first-order chi connectivity index (χ1) is 6.07. The van der Waals surface area contributed by atoms with Gasteiger partial charge in [-0.1, -0.05) is 6.08 Å². The van der Waals surface area contributed by atoms with E-state index in [-0.39, 0.29) is 6.42 Å². The molecule has 0 rings (SSSR count). The van der Waals surface area contributed by atoms with Gasteiger partial charge in [-0.05, 0) is 20.3 Å². The Kier molecular flexibility index (Phi) is 6.24. The first-order valence-electron chi connectivity index (χ1n) is 4.64. The summed E-state index contributed by atoms with van der Waals surface area (Å²) in [7, 11) is 0. The fourth-order valence-corrected chi connectivity index (χ4v) is 1.12. The third kappa shape index (κ3) is 6.34. The van der Waals surface area contributed by atoms with E-state index in [0.29, 0.717) is 12.6 Å². The molecule has 1 N–H and O–H groups in total. The highest BCUT2D eigenvalue weighted by Crippen LogP contribution is 2.01. The maximum absolute atomic E-state index is 10.4. The van der Waals surface area contributed by atoms with Crippen LogP contribution < -0.4 is 0 Å². The molecule has 0 aromatic heterocycles. The van der Waals surface area contributed by atoms with Crippen LogP contribution in [0.3, 0.4) is 0 Å². The Morgan fingerprint density at radius 2 is 2.15 bits per heavy atom. The maximum atomic E-state index is 10.4. The van der Waals surface area contributed by atoms with Crippen LogP contribution in [0.2, 0.25) is 0 Å². The van der Waals surface area contributed by atoms with E-state index < -0.39 is 5.97 Å². The quantitative estimate of drug-likeness (QED) is 0.614. The number of carboxylic acids is 1. The third-order valence-electron chi connectivity index (χ3n) is 1.96. The first kappa shape index (κ1) is 12.2. The molecule has 76 valence electrons. The van der Waals surface area contributed by atoms with Crippen molar-refractivity contribution in [3.8, 4) is 0 Å². The van der Waals surface area contributed by atoms with Crippen LogP contribution in [-0.4, -0.2) is 35.1 Å². The normalized spacial score (nSPS) is 10.8. The molecule has 0 aliphatic heterocycles. The lowest BCUT2D eigenvalue weighted by Crippen LogP contribution is -2.33. The van der Waals surface area contributed by atoms with Crippen molar-refractivity contribution in [2.45, 2.75) is 32.7 Å². The van der Waals surface area contributed by atoms with Crippen LogP contribution >= 0.6 is 0 Å². The van der Waals surface area contributed by atoms with E-state index in [9.17, 15) is 4.79 Å². The minimum Gasteiger partial charge on any atom is -0.481 e. The average molecular weight is 185 g/mol. The molecule has 0 unspecified atom stereocenters. The zero-order valence-electron chi connectivity index (χ0n) is 8.49. The SMILES string of the molecule is C=CCCN(CCC(=O)O)C(C)C. The van der Waals surface area contributed by atoms with Crippen molar-refractivity contribution in [2.24, 2.45) is 0 Å². The highest BCUT2D eigenvalue weighted by molar-refractivity contribution is 5.66. The molecule has 0 saturated carbocycles. The second-order valence-corrected chi connectivity index (χ2v) is 3.35.